The van der Waals surface area contributed by atoms with Crippen LogP contribution in [0.2, 0.25) is 19.1 Å². The quantitative estimate of drug-likeness (QED) is 0.224. The van der Waals surface area contributed by atoms with Crippen LogP contribution >= 0.6 is 0 Å². The number of ether oxygens (including phenoxy) is 2. The Hall–Kier alpha value is -3.30. The van der Waals surface area contributed by atoms with Crippen molar-refractivity contribution >= 4 is 36.1 Å². The first-order valence-electron chi connectivity index (χ1n) is 13.5. The van der Waals surface area contributed by atoms with E-state index in [-0.39, 0.29) is 36.1 Å². The van der Waals surface area contributed by atoms with Crippen molar-refractivity contribution < 1.29 is 24.2 Å². The van der Waals surface area contributed by atoms with Crippen LogP contribution in [0, 0.1) is 5.41 Å². The molecular formula is C30H36N2O6Si. The normalized spacial score (nSPS) is 18.4. The molecule has 0 amide bonds. The van der Waals surface area contributed by atoms with E-state index in [0.29, 0.717) is 22.7 Å². The van der Waals surface area contributed by atoms with E-state index in [1.807, 2.05) is 18.2 Å². The number of fused-ring (bicyclic) bond motifs is 5. The first kappa shape index (κ1) is 27.3. The summed E-state index contributed by atoms with van der Waals surface area (Å²) in [5.74, 6) is -0.713. The standard InChI is InChI=1S/C30H36N2O6Si/c1-8-30(36)21-14-22-25-18(15-32(22)27(34)20(21)16-37-28(30)35)13-19-23(38-17(2)33)9-10-24(26(19)31-25)39(6,7)12-11-29(3,4)5/h9-10,13-14,36H,8,11-12,15-16H2,1-7H3/t30-/m0/s1. The minimum atomic E-state index is -1.99. The molecule has 5 rings (SSSR count). The van der Waals surface area contributed by atoms with Crippen LogP contribution in [0.25, 0.3) is 22.3 Å². The number of benzene rings is 1. The number of aromatic nitrogens is 2. The summed E-state index contributed by atoms with van der Waals surface area (Å²) in [7, 11) is -1.99. The highest BCUT2D eigenvalue weighted by molar-refractivity contribution is 6.91. The van der Waals surface area contributed by atoms with Gasteiger partial charge in [0.15, 0.2) is 5.60 Å². The molecule has 1 atom stereocenters. The van der Waals surface area contributed by atoms with Gasteiger partial charge in [-0.3, -0.25) is 9.59 Å². The second kappa shape index (κ2) is 9.13. The molecule has 39 heavy (non-hydrogen) atoms. The Balaban J connectivity index is 1.75. The molecule has 0 fully saturated rings. The maximum atomic E-state index is 13.6. The van der Waals surface area contributed by atoms with E-state index in [2.05, 4.69) is 33.9 Å². The monoisotopic (exact) mass is 548 g/mol. The molecule has 3 aromatic rings. The summed E-state index contributed by atoms with van der Waals surface area (Å²) in [5, 5.41) is 13.1. The van der Waals surface area contributed by atoms with Gasteiger partial charge in [-0.2, -0.15) is 0 Å². The Labute approximate surface area is 229 Å². The Bertz CT molecular complexity index is 1600. The van der Waals surface area contributed by atoms with Gasteiger partial charge < -0.3 is 19.1 Å². The van der Waals surface area contributed by atoms with Crippen molar-refractivity contribution in [1.29, 1.82) is 0 Å². The SMILES string of the molecule is CC[C@@]1(O)C(=O)OCc2c1cc1n(c2=O)Cc2cc3c(OC(C)=O)ccc([Si](C)(C)CCC(C)(C)C)c3nc2-1. The number of rotatable bonds is 5. The third-order valence-electron chi connectivity index (χ3n) is 8.12. The number of cyclic esters (lactones) is 1. The lowest BCUT2D eigenvalue weighted by Gasteiger charge is -2.31. The zero-order valence-corrected chi connectivity index (χ0v) is 24.7. The van der Waals surface area contributed by atoms with Gasteiger partial charge in [-0.15, -0.1) is 0 Å². The molecule has 8 nitrogen and oxygen atoms in total. The minimum Gasteiger partial charge on any atom is -0.458 e. The maximum absolute atomic E-state index is 13.6. The van der Waals surface area contributed by atoms with Crippen molar-refractivity contribution in [1.82, 2.24) is 9.55 Å². The Kier molecular flexibility index (Phi) is 6.38. The number of hydrogen-bond acceptors (Lipinski definition) is 7. The van der Waals surface area contributed by atoms with Crippen molar-refractivity contribution in [2.45, 2.75) is 85.4 Å². The van der Waals surface area contributed by atoms with Crippen molar-refractivity contribution in [3.05, 3.63) is 51.3 Å². The summed E-state index contributed by atoms with van der Waals surface area (Å²) < 4.78 is 12.4. The van der Waals surface area contributed by atoms with E-state index in [0.717, 1.165) is 34.1 Å². The van der Waals surface area contributed by atoms with Crippen LogP contribution in [-0.2, 0) is 33.1 Å². The number of carbonyl (C=O) groups is 2. The average molecular weight is 549 g/mol. The molecule has 1 N–H and O–H groups in total. The average Bonchev–Trinajstić information content (AvgIpc) is 3.22. The van der Waals surface area contributed by atoms with Crippen molar-refractivity contribution in [2.24, 2.45) is 5.41 Å². The Morgan fingerprint density at radius 2 is 1.95 bits per heavy atom. The number of hydrogen-bond donors (Lipinski definition) is 1. The maximum Gasteiger partial charge on any atom is 0.343 e. The van der Waals surface area contributed by atoms with Crippen LogP contribution in [0.3, 0.4) is 0 Å². The molecule has 0 radical (unpaired) electrons. The topological polar surface area (TPSA) is 108 Å². The zero-order chi connectivity index (χ0) is 28.5. The van der Waals surface area contributed by atoms with Gasteiger partial charge in [-0.1, -0.05) is 59.3 Å². The first-order valence-corrected chi connectivity index (χ1v) is 16.7. The predicted molar refractivity (Wildman–Crippen MR) is 152 cm³/mol. The molecular weight excluding hydrogens is 512 g/mol. The van der Waals surface area contributed by atoms with Gasteiger partial charge in [0.2, 0.25) is 0 Å². The second-order valence-electron chi connectivity index (χ2n) is 12.6. The Morgan fingerprint density at radius 3 is 2.59 bits per heavy atom. The summed E-state index contributed by atoms with van der Waals surface area (Å²) in [4.78, 5) is 43.2. The van der Waals surface area contributed by atoms with E-state index in [9.17, 15) is 19.5 Å². The van der Waals surface area contributed by atoms with Crippen LogP contribution in [0.1, 0.15) is 64.2 Å². The molecule has 0 aliphatic carbocycles. The van der Waals surface area contributed by atoms with Crippen LogP contribution in [0.4, 0.5) is 0 Å². The lowest BCUT2D eigenvalue weighted by atomic mass is 9.86. The van der Waals surface area contributed by atoms with Gasteiger partial charge in [-0.05, 0) is 35.2 Å². The third kappa shape index (κ3) is 4.51. The van der Waals surface area contributed by atoms with E-state index in [1.165, 1.54) is 6.92 Å². The molecule has 2 aromatic heterocycles. The molecule has 0 saturated heterocycles. The molecule has 0 bridgehead atoms. The van der Waals surface area contributed by atoms with E-state index in [4.69, 9.17) is 14.5 Å². The molecule has 9 heteroatoms. The summed E-state index contributed by atoms with van der Waals surface area (Å²) in [6.45, 7) is 14.6. The van der Waals surface area contributed by atoms with Gasteiger partial charge in [0.25, 0.3) is 5.56 Å². The van der Waals surface area contributed by atoms with Gasteiger partial charge in [0.1, 0.15) is 12.4 Å². The van der Waals surface area contributed by atoms with Crippen LogP contribution in [0.15, 0.2) is 29.1 Å². The van der Waals surface area contributed by atoms with E-state index < -0.39 is 25.6 Å². The van der Waals surface area contributed by atoms with Crippen LogP contribution in [-0.4, -0.2) is 34.7 Å². The summed E-state index contributed by atoms with van der Waals surface area (Å²) in [6, 6.07) is 8.65. The fourth-order valence-corrected chi connectivity index (χ4v) is 8.66. The van der Waals surface area contributed by atoms with Gasteiger partial charge >= 0.3 is 11.9 Å². The smallest absolute Gasteiger partial charge is 0.343 e. The summed E-state index contributed by atoms with van der Waals surface area (Å²) >= 11 is 0. The largest absolute Gasteiger partial charge is 0.458 e. The van der Waals surface area contributed by atoms with Gasteiger partial charge in [0, 0.05) is 23.4 Å². The van der Waals surface area contributed by atoms with Crippen molar-refractivity contribution in [3.8, 4) is 17.1 Å². The molecule has 2 aliphatic heterocycles. The van der Waals surface area contributed by atoms with Gasteiger partial charge in [-0.25, -0.2) is 9.78 Å². The molecule has 2 aliphatic rings. The fraction of sp³-hybridized carbons (Fsp3) is 0.467. The zero-order valence-electron chi connectivity index (χ0n) is 23.7. The highest BCUT2D eigenvalue weighted by atomic mass is 28.3. The summed E-state index contributed by atoms with van der Waals surface area (Å²) in [5.41, 5.74) is 1.38. The second-order valence-corrected chi connectivity index (χ2v) is 17.5. The molecule has 206 valence electrons. The summed E-state index contributed by atoms with van der Waals surface area (Å²) in [6.07, 6.45) is 1.16. The first-order chi connectivity index (χ1) is 18.2. The third-order valence-corrected chi connectivity index (χ3v) is 11.5. The fourth-order valence-electron chi connectivity index (χ4n) is 5.65. The number of pyridine rings is 2. The van der Waals surface area contributed by atoms with Crippen LogP contribution in [0.5, 0.6) is 5.75 Å². The van der Waals surface area contributed by atoms with E-state index in [1.54, 1.807) is 17.6 Å². The predicted octanol–water partition coefficient (Wildman–Crippen LogP) is 4.36. The van der Waals surface area contributed by atoms with Crippen molar-refractivity contribution in [2.75, 3.05) is 0 Å². The highest BCUT2D eigenvalue weighted by Crippen LogP contribution is 2.40. The molecule has 0 spiro atoms. The Morgan fingerprint density at radius 1 is 1.23 bits per heavy atom. The van der Waals surface area contributed by atoms with Gasteiger partial charge in [0.05, 0.1) is 37.1 Å². The minimum absolute atomic E-state index is 0.0865. The number of nitrogens with zero attached hydrogens (tertiary/aromatic N) is 2. The lowest BCUT2D eigenvalue weighted by molar-refractivity contribution is -0.172. The number of aliphatic hydroxyl groups is 1. The molecule has 1 aromatic carbocycles. The number of carbonyl (C=O) groups excluding carboxylic acids is 2. The number of esters is 2. The lowest BCUT2D eigenvalue weighted by Crippen LogP contribution is -2.44. The highest BCUT2D eigenvalue weighted by Gasteiger charge is 2.45. The van der Waals surface area contributed by atoms with Crippen molar-refractivity contribution in [3.63, 3.8) is 0 Å². The molecule has 0 saturated carbocycles. The van der Waals surface area contributed by atoms with E-state index >= 15 is 0 Å². The van der Waals surface area contributed by atoms with Crippen LogP contribution < -0.4 is 15.5 Å². The molecule has 0 unspecified atom stereocenters. The molecule has 4 heterocycles.